The van der Waals surface area contributed by atoms with Gasteiger partial charge in [-0.05, 0) is 154 Å². The van der Waals surface area contributed by atoms with E-state index in [0.29, 0.717) is 0 Å². The molecule has 2 aromatic carbocycles. The van der Waals surface area contributed by atoms with Gasteiger partial charge in [-0.15, -0.1) is 0 Å². The molecule has 1 aliphatic heterocycles. The second-order valence-electron chi connectivity index (χ2n) is 19.2. The molecule has 1 heterocycles. The van der Waals surface area contributed by atoms with Gasteiger partial charge in [-0.25, -0.2) is 4.70 Å². The van der Waals surface area contributed by atoms with Crippen LogP contribution in [0.5, 0.6) is 0 Å². The van der Waals surface area contributed by atoms with E-state index in [9.17, 15) is 5.53 Å². The summed E-state index contributed by atoms with van der Waals surface area (Å²) in [7, 11) is 0. The van der Waals surface area contributed by atoms with Crippen molar-refractivity contribution in [2.75, 3.05) is 13.2 Å². The first kappa shape index (κ1) is 59.1. The molecular weight excluding hydrogens is 839 g/mol. The van der Waals surface area contributed by atoms with Crippen molar-refractivity contribution in [3.8, 4) is 0 Å². The predicted molar refractivity (Wildman–Crippen MR) is 281 cm³/mol. The summed E-state index contributed by atoms with van der Waals surface area (Å²) in [6, 6.07) is 10.1. The normalized spacial score (nSPS) is 12.9. The summed E-state index contributed by atoms with van der Waals surface area (Å²) >= 11 is 0.968. The molecular formula is C60H102N2NiO2. The SMILES string of the molecule is CCCCCC1=C(c2cc(CCCCC)c(CCCCC)c(CCCCC)c2)[N+](=[N-])C(c2cc(CCCCC)c(CCCCC)c(CCCCC)c2)=C1C.CCCC[O][Ni][O]CCCC. The number of allylic oxidation sites excluding steroid dienone is 2. The second-order valence-corrected chi connectivity index (χ2v) is 19.9. The number of benzene rings is 2. The number of rotatable bonds is 38. The Labute approximate surface area is 410 Å². The number of hydrogen-bond donors (Lipinski definition) is 0. The van der Waals surface area contributed by atoms with E-state index in [1.54, 1.807) is 38.1 Å². The Bertz CT molecular complexity index is 1570. The van der Waals surface area contributed by atoms with Crippen LogP contribution in [-0.4, -0.2) is 17.9 Å². The molecule has 0 atom stereocenters. The van der Waals surface area contributed by atoms with Crippen molar-refractivity contribution in [3.05, 3.63) is 85.5 Å². The third-order valence-corrected chi connectivity index (χ3v) is 14.1. The van der Waals surface area contributed by atoms with E-state index < -0.39 is 0 Å². The predicted octanol–water partition coefficient (Wildman–Crippen LogP) is 19.4. The van der Waals surface area contributed by atoms with E-state index in [2.05, 4.69) is 93.5 Å². The summed E-state index contributed by atoms with van der Waals surface area (Å²) in [4.78, 5) is 0. The molecule has 3 rings (SSSR count). The van der Waals surface area contributed by atoms with Crippen molar-refractivity contribution in [1.82, 2.24) is 0 Å². The average molecular weight is 942 g/mol. The molecule has 0 bridgehead atoms. The van der Waals surface area contributed by atoms with Crippen LogP contribution in [0.4, 0.5) is 0 Å². The molecule has 0 aromatic heterocycles. The molecule has 0 unspecified atom stereocenters. The van der Waals surface area contributed by atoms with Gasteiger partial charge in [0.2, 0.25) is 11.4 Å². The van der Waals surface area contributed by atoms with Crippen LogP contribution in [0.15, 0.2) is 35.4 Å². The quantitative estimate of drug-likeness (QED) is 0.0382. The third-order valence-electron chi connectivity index (χ3n) is 13.4. The molecule has 0 amide bonds. The molecule has 65 heavy (non-hydrogen) atoms. The molecule has 0 fully saturated rings. The van der Waals surface area contributed by atoms with Crippen LogP contribution in [0, 0.1) is 0 Å². The van der Waals surface area contributed by atoms with Crippen LogP contribution >= 0.6 is 0 Å². The summed E-state index contributed by atoms with van der Waals surface area (Å²) in [5.41, 5.74) is 29.4. The molecule has 0 radical (unpaired) electrons. The fraction of sp³-hybridized carbons (Fsp3) is 0.733. The topological polar surface area (TPSA) is 43.8 Å². The number of aryl methyl sites for hydroxylation is 4. The van der Waals surface area contributed by atoms with Gasteiger partial charge in [0.1, 0.15) is 0 Å². The molecule has 0 N–H and O–H groups in total. The molecule has 0 spiro atoms. The minimum atomic E-state index is 0.808. The second kappa shape index (κ2) is 37.9. The van der Waals surface area contributed by atoms with Crippen LogP contribution < -0.4 is 0 Å². The summed E-state index contributed by atoms with van der Waals surface area (Å²) < 4.78 is 11.9. The van der Waals surface area contributed by atoms with Gasteiger partial charge in [0.05, 0.1) is 0 Å². The maximum atomic E-state index is 12.7. The molecule has 0 saturated heterocycles. The van der Waals surface area contributed by atoms with Crippen molar-refractivity contribution in [1.29, 1.82) is 0 Å². The number of hydrogen-bond acceptors (Lipinski definition) is 2. The number of nitrogens with zero attached hydrogens (tertiary/aromatic N) is 2. The van der Waals surface area contributed by atoms with E-state index in [0.717, 1.165) is 91.1 Å². The Morgan fingerprint density at radius 3 is 1.00 bits per heavy atom. The Hall–Kier alpha value is -2.07. The first-order valence-corrected chi connectivity index (χ1v) is 28.7. The van der Waals surface area contributed by atoms with Gasteiger partial charge in [0.25, 0.3) is 0 Å². The standard InChI is InChI=1S/C52H84N2.2C4H9O.Ni/c1-9-16-23-30-42-37-46(38-43(31-24-17-10-2)49(42)35-28-21-14-6)51-41(8)48(34-27-20-13-5)52(54(51)53)47-39-44(32-25-18-11-3)50(36-29-22-15-7)45(40-47)33-26-19-12-4;2*1-2-3-4-5;/h37-40H,9-36H2,1-8H3;2*2-4H2,1H3;/q;2*-1;+2. The molecule has 0 saturated carbocycles. The summed E-state index contributed by atoms with van der Waals surface area (Å²) in [5, 5.41) is 0. The van der Waals surface area contributed by atoms with Crippen molar-refractivity contribution >= 4 is 11.4 Å². The van der Waals surface area contributed by atoms with E-state index in [-0.39, 0.29) is 0 Å². The molecule has 2 aromatic rings. The molecule has 374 valence electrons. The van der Waals surface area contributed by atoms with Crippen LogP contribution in [0.2, 0.25) is 0 Å². The van der Waals surface area contributed by atoms with E-state index in [4.69, 9.17) is 7.76 Å². The molecule has 5 heteroatoms. The Morgan fingerprint density at radius 2 is 0.677 bits per heavy atom. The Balaban J connectivity index is 0.00000116. The summed E-state index contributed by atoms with van der Waals surface area (Å²) in [6.45, 7) is 24.5. The van der Waals surface area contributed by atoms with Crippen LogP contribution in [-0.2, 0) is 61.4 Å². The van der Waals surface area contributed by atoms with Gasteiger partial charge in [-0.1, -0.05) is 138 Å². The van der Waals surface area contributed by atoms with E-state index in [1.807, 2.05) is 0 Å². The Morgan fingerprint density at radius 1 is 0.385 bits per heavy atom. The fourth-order valence-electron chi connectivity index (χ4n) is 9.44. The van der Waals surface area contributed by atoms with Crippen molar-refractivity contribution in [2.24, 2.45) is 0 Å². The summed E-state index contributed by atoms with van der Waals surface area (Å²) in [5.74, 6) is 0. The van der Waals surface area contributed by atoms with Crippen LogP contribution in [0.25, 0.3) is 16.9 Å². The molecule has 4 nitrogen and oxygen atoms in total. The van der Waals surface area contributed by atoms with E-state index >= 15 is 0 Å². The van der Waals surface area contributed by atoms with Crippen LogP contribution in [0.1, 0.15) is 281 Å². The zero-order valence-corrected chi connectivity index (χ0v) is 45.4. The van der Waals surface area contributed by atoms with Gasteiger partial charge < -0.3 is 5.53 Å². The monoisotopic (exact) mass is 941 g/mol. The van der Waals surface area contributed by atoms with Crippen molar-refractivity contribution in [2.45, 2.75) is 275 Å². The fourth-order valence-corrected chi connectivity index (χ4v) is 9.97. The zero-order chi connectivity index (χ0) is 47.5. The molecule has 1 aliphatic rings. The maximum absolute atomic E-state index is 12.7. The first-order valence-electron chi connectivity index (χ1n) is 27.9. The average Bonchev–Trinajstić information content (AvgIpc) is 3.55. The third kappa shape index (κ3) is 21.8. The zero-order valence-electron chi connectivity index (χ0n) is 44.4. The van der Waals surface area contributed by atoms with E-state index in [1.165, 1.54) is 176 Å². The Kier molecular flexibility index (Phi) is 34.4. The van der Waals surface area contributed by atoms with Crippen molar-refractivity contribution < 1.29 is 27.5 Å². The van der Waals surface area contributed by atoms with Crippen molar-refractivity contribution in [3.63, 3.8) is 0 Å². The van der Waals surface area contributed by atoms with Gasteiger partial charge in [0, 0.05) is 22.3 Å². The minimum absolute atomic E-state index is 0.808. The van der Waals surface area contributed by atoms with Crippen LogP contribution in [0.3, 0.4) is 0 Å². The molecule has 0 aliphatic carbocycles. The summed E-state index contributed by atoms with van der Waals surface area (Å²) in [6.07, 6.45) is 38.9. The number of unbranched alkanes of at least 4 members (excludes halogenated alkanes) is 16. The van der Waals surface area contributed by atoms with Gasteiger partial charge in [0.15, 0.2) is 0 Å². The first-order chi connectivity index (χ1) is 31.8. The van der Waals surface area contributed by atoms with Gasteiger partial charge in [-0.3, -0.25) is 0 Å². The van der Waals surface area contributed by atoms with Gasteiger partial charge >= 0.3 is 75.6 Å². The van der Waals surface area contributed by atoms with Gasteiger partial charge in [-0.2, -0.15) is 0 Å².